The number of benzene rings is 1. The van der Waals surface area contributed by atoms with E-state index in [-0.39, 0.29) is 6.10 Å². The van der Waals surface area contributed by atoms with Gasteiger partial charge in [0.15, 0.2) is 0 Å². The van der Waals surface area contributed by atoms with Crippen molar-refractivity contribution in [1.29, 1.82) is 0 Å². The van der Waals surface area contributed by atoms with Crippen LogP contribution in [0.15, 0.2) is 22.7 Å². The predicted octanol–water partition coefficient (Wildman–Crippen LogP) is 2.66. The average molecular weight is 325 g/mol. The molecule has 1 aromatic carbocycles. The fourth-order valence-corrected chi connectivity index (χ4v) is 3.06. The van der Waals surface area contributed by atoms with Crippen molar-refractivity contribution in [3.05, 3.63) is 28.2 Å². The van der Waals surface area contributed by atoms with Crippen molar-refractivity contribution in [2.24, 2.45) is 0 Å². The highest BCUT2D eigenvalue weighted by Gasteiger charge is 2.22. The first-order valence-corrected chi connectivity index (χ1v) is 7.96. The van der Waals surface area contributed by atoms with Crippen LogP contribution in [0.5, 0.6) is 0 Å². The number of halogens is 1. The molecule has 0 bridgehead atoms. The maximum Gasteiger partial charge on any atom is 0.0574 e. The van der Waals surface area contributed by atoms with E-state index in [1.54, 1.807) is 0 Å². The molecule has 3 rings (SSSR count). The largest absolute Gasteiger partial charge is 0.393 e. The molecular weight excluding hydrogens is 304 g/mol. The van der Waals surface area contributed by atoms with Crippen molar-refractivity contribution in [3.63, 3.8) is 0 Å². The molecule has 1 saturated carbocycles. The van der Waals surface area contributed by atoms with E-state index < -0.39 is 0 Å². The molecule has 0 amide bonds. The normalized spacial score (nSPS) is 20.8. The third-order valence-electron chi connectivity index (χ3n) is 4.01. The highest BCUT2D eigenvalue weighted by Crippen LogP contribution is 2.28. The van der Waals surface area contributed by atoms with Crippen molar-refractivity contribution in [3.8, 4) is 0 Å². The summed E-state index contributed by atoms with van der Waals surface area (Å²) in [4.78, 5) is 2.41. The summed E-state index contributed by atoms with van der Waals surface area (Å²) in [5.74, 6) is 0. The van der Waals surface area contributed by atoms with Gasteiger partial charge in [0.05, 0.1) is 6.10 Å². The molecule has 2 N–H and O–H groups in total. The minimum Gasteiger partial charge on any atom is -0.393 e. The molecule has 2 aliphatic rings. The van der Waals surface area contributed by atoms with E-state index in [1.165, 1.54) is 24.1 Å². The van der Waals surface area contributed by atoms with Crippen molar-refractivity contribution in [2.45, 2.75) is 44.4 Å². The topological polar surface area (TPSA) is 35.5 Å². The number of piperidine rings is 1. The first-order chi connectivity index (χ1) is 9.22. The van der Waals surface area contributed by atoms with Crippen molar-refractivity contribution < 1.29 is 5.11 Å². The molecule has 0 radical (unpaired) electrons. The van der Waals surface area contributed by atoms with E-state index in [4.69, 9.17) is 0 Å². The first-order valence-electron chi connectivity index (χ1n) is 7.17. The zero-order valence-corrected chi connectivity index (χ0v) is 12.7. The maximum atomic E-state index is 9.63. The Morgan fingerprint density at radius 2 is 1.95 bits per heavy atom. The highest BCUT2D eigenvalue weighted by molar-refractivity contribution is 9.10. The van der Waals surface area contributed by atoms with Gasteiger partial charge >= 0.3 is 0 Å². The van der Waals surface area contributed by atoms with Crippen LogP contribution >= 0.6 is 15.9 Å². The lowest BCUT2D eigenvalue weighted by Gasteiger charge is -2.33. The van der Waals surface area contributed by atoms with E-state index in [9.17, 15) is 5.11 Å². The minimum absolute atomic E-state index is 0.111. The van der Waals surface area contributed by atoms with Crippen LogP contribution in [0.25, 0.3) is 0 Å². The third-order valence-corrected chi connectivity index (χ3v) is 4.50. The Bertz CT molecular complexity index is 440. The smallest absolute Gasteiger partial charge is 0.0574 e. The Labute approximate surface area is 123 Å². The van der Waals surface area contributed by atoms with Gasteiger partial charge in [-0.3, -0.25) is 0 Å². The van der Waals surface area contributed by atoms with Gasteiger partial charge in [0, 0.05) is 35.8 Å². The number of hydrogen-bond donors (Lipinski definition) is 2. The molecule has 0 spiro atoms. The summed E-state index contributed by atoms with van der Waals surface area (Å²) < 4.78 is 1.14. The molecule has 1 heterocycles. The molecule has 1 aliphatic carbocycles. The van der Waals surface area contributed by atoms with Crippen molar-refractivity contribution >= 4 is 21.6 Å². The van der Waals surface area contributed by atoms with Crippen LogP contribution < -0.4 is 10.2 Å². The molecule has 1 aliphatic heterocycles. The van der Waals surface area contributed by atoms with E-state index in [1.807, 2.05) is 0 Å². The molecule has 19 heavy (non-hydrogen) atoms. The van der Waals surface area contributed by atoms with Gasteiger partial charge in [-0.1, -0.05) is 15.9 Å². The Morgan fingerprint density at radius 1 is 1.21 bits per heavy atom. The van der Waals surface area contributed by atoms with E-state index in [0.29, 0.717) is 0 Å². The van der Waals surface area contributed by atoms with Gasteiger partial charge < -0.3 is 15.3 Å². The SMILES string of the molecule is OC1CCN(c2ccc(Br)cc2CNC2CC2)CC1. The summed E-state index contributed by atoms with van der Waals surface area (Å²) in [6.45, 7) is 2.86. The van der Waals surface area contributed by atoms with Gasteiger partial charge in [-0.2, -0.15) is 0 Å². The van der Waals surface area contributed by atoms with Crippen LogP contribution in [0.3, 0.4) is 0 Å². The second-order valence-corrected chi connectivity index (χ2v) is 6.56. The first kappa shape index (κ1) is 13.4. The lowest BCUT2D eigenvalue weighted by Crippen LogP contribution is -2.36. The Kier molecular flexibility index (Phi) is 4.10. The van der Waals surface area contributed by atoms with Crippen LogP contribution in [0.2, 0.25) is 0 Å². The van der Waals surface area contributed by atoms with Gasteiger partial charge in [-0.05, 0) is 49.4 Å². The molecule has 104 valence electrons. The van der Waals surface area contributed by atoms with Gasteiger partial charge in [0.1, 0.15) is 0 Å². The molecule has 0 atom stereocenters. The summed E-state index contributed by atoms with van der Waals surface area (Å²) in [6, 6.07) is 7.26. The van der Waals surface area contributed by atoms with Gasteiger partial charge in [0.25, 0.3) is 0 Å². The number of nitrogens with one attached hydrogen (secondary N) is 1. The number of aliphatic hydroxyl groups is 1. The fourth-order valence-electron chi connectivity index (χ4n) is 2.65. The molecule has 4 heteroatoms. The number of nitrogens with zero attached hydrogens (tertiary/aromatic N) is 1. The summed E-state index contributed by atoms with van der Waals surface area (Å²) >= 11 is 3.57. The number of anilines is 1. The minimum atomic E-state index is -0.111. The molecule has 3 nitrogen and oxygen atoms in total. The molecule has 0 unspecified atom stereocenters. The van der Waals surface area contributed by atoms with Gasteiger partial charge in [-0.15, -0.1) is 0 Å². The summed E-state index contributed by atoms with van der Waals surface area (Å²) in [7, 11) is 0. The van der Waals surface area contributed by atoms with Crippen molar-refractivity contribution in [1.82, 2.24) is 5.32 Å². The lowest BCUT2D eigenvalue weighted by molar-refractivity contribution is 0.145. The standard InChI is InChI=1S/C15H21BrN2O/c16-12-1-4-15(18-7-5-14(19)6-8-18)11(9-12)10-17-13-2-3-13/h1,4,9,13-14,17,19H,2-3,5-8,10H2. The molecule has 2 fully saturated rings. The monoisotopic (exact) mass is 324 g/mol. The van der Waals surface area contributed by atoms with E-state index >= 15 is 0 Å². The summed E-state index contributed by atoms with van der Waals surface area (Å²) in [6.07, 6.45) is 4.29. The zero-order valence-electron chi connectivity index (χ0n) is 11.1. The Morgan fingerprint density at radius 3 is 2.63 bits per heavy atom. The second-order valence-electron chi connectivity index (χ2n) is 5.65. The van der Waals surface area contributed by atoms with Gasteiger partial charge in [-0.25, -0.2) is 0 Å². The predicted molar refractivity (Wildman–Crippen MR) is 81.5 cm³/mol. The maximum absolute atomic E-state index is 9.63. The number of rotatable bonds is 4. The summed E-state index contributed by atoms with van der Waals surface area (Å²) in [5.41, 5.74) is 2.68. The van der Waals surface area contributed by atoms with Crippen molar-refractivity contribution in [2.75, 3.05) is 18.0 Å². The van der Waals surface area contributed by atoms with E-state index in [2.05, 4.69) is 44.3 Å². The number of aliphatic hydroxyl groups excluding tert-OH is 1. The number of hydrogen-bond acceptors (Lipinski definition) is 3. The fraction of sp³-hybridized carbons (Fsp3) is 0.600. The van der Waals surface area contributed by atoms with E-state index in [0.717, 1.165) is 43.0 Å². The quantitative estimate of drug-likeness (QED) is 0.893. The second kappa shape index (κ2) is 5.81. The Balaban J connectivity index is 1.74. The van der Waals surface area contributed by atoms with Crippen LogP contribution in [0.4, 0.5) is 5.69 Å². The molecule has 1 saturated heterocycles. The van der Waals surface area contributed by atoms with Crippen LogP contribution in [-0.4, -0.2) is 30.3 Å². The van der Waals surface area contributed by atoms with Crippen LogP contribution in [0, 0.1) is 0 Å². The highest BCUT2D eigenvalue weighted by atomic mass is 79.9. The van der Waals surface area contributed by atoms with Crippen LogP contribution in [-0.2, 0) is 6.54 Å². The summed E-state index contributed by atoms with van der Waals surface area (Å²) in [5, 5.41) is 13.2. The lowest BCUT2D eigenvalue weighted by atomic mass is 10.0. The third kappa shape index (κ3) is 3.50. The zero-order chi connectivity index (χ0) is 13.2. The molecular formula is C15H21BrN2O. The van der Waals surface area contributed by atoms with Gasteiger partial charge in [0.2, 0.25) is 0 Å². The average Bonchev–Trinajstić information content (AvgIpc) is 3.22. The molecule has 0 aromatic heterocycles. The Hall–Kier alpha value is -0.580. The molecule has 1 aromatic rings. The van der Waals surface area contributed by atoms with Crippen LogP contribution in [0.1, 0.15) is 31.2 Å².